The van der Waals surface area contributed by atoms with E-state index in [0.717, 1.165) is 37.4 Å². The normalized spacial score (nSPS) is 15.1. The molecule has 0 unspecified atom stereocenters. The summed E-state index contributed by atoms with van der Waals surface area (Å²) in [5.74, 6) is 0. The molecule has 1 aromatic heterocycles. The largest absolute Gasteiger partial charge is 0.417 e. The first-order valence-electron chi connectivity index (χ1n) is 9.72. The summed E-state index contributed by atoms with van der Waals surface area (Å²) in [6.07, 6.45) is -4.79. The molecule has 0 atom stereocenters. The molecule has 0 aliphatic carbocycles. The van der Waals surface area contributed by atoms with Crippen molar-refractivity contribution in [2.24, 2.45) is 0 Å². The van der Waals surface area contributed by atoms with Crippen LogP contribution in [0.1, 0.15) is 5.56 Å². The number of rotatable bonds is 2. The van der Waals surface area contributed by atoms with E-state index in [1.807, 2.05) is 36.4 Å². The van der Waals surface area contributed by atoms with E-state index in [1.54, 1.807) is 12.1 Å². The van der Waals surface area contributed by atoms with Gasteiger partial charge in [-0.3, -0.25) is 0 Å². The highest BCUT2D eigenvalue weighted by Gasteiger charge is 2.45. The minimum Gasteiger partial charge on any atom is -0.233 e. The van der Waals surface area contributed by atoms with Crippen molar-refractivity contribution in [2.75, 3.05) is 0 Å². The molecule has 0 N–H and O–H groups in total. The first-order valence-corrected chi connectivity index (χ1v) is 14.2. The number of fused-ring (bicyclic) bond motifs is 5. The minimum atomic E-state index is -4.79. The summed E-state index contributed by atoms with van der Waals surface area (Å²) in [7, 11) is -6.80. The Morgan fingerprint density at radius 2 is 1.45 bits per heavy atom. The highest BCUT2D eigenvalue weighted by Crippen LogP contribution is 2.40. The molecule has 3 nitrogen and oxygen atoms in total. The van der Waals surface area contributed by atoms with Gasteiger partial charge in [-0.25, -0.2) is 12.4 Å². The Balaban J connectivity index is 1.95. The lowest BCUT2D eigenvalue weighted by Crippen LogP contribution is -2.49. The maximum absolute atomic E-state index is 13.8. The van der Waals surface area contributed by atoms with E-state index in [1.165, 1.54) is 12.1 Å². The molecule has 158 valence electrons. The van der Waals surface area contributed by atoms with Crippen LogP contribution < -0.4 is 10.4 Å². The zero-order valence-electron chi connectivity index (χ0n) is 16.7. The van der Waals surface area contributed by atoms with Crippen LogP contribution in [0.4, 0.5) is 13.2 Å². The van der Waals surface area contributed by atoms with Gasteiger partial charge in [-0.15, -0.1) is 0 Å². The molecule has 0 bridgehead atoms. The van der Waals surface area contributed by atoms with Crippen molar-refractivity contribution in [1.29, 1.82) is 0 Å². The molecule has 1 aliphatic rings. The number of benzene rings is 3. The van der Waals surface area contributed by atoms with Crippen molar-refractivity contribution in [1.82, 2.24) is 3.97 Å². The summed E-state index contributed by atoms with van der Waals surface area (Å²) < 4.78 is 69.9. The second-order valence-corrected chi connectivity index (χ2v) is 14.2. The summed E-state index contributed by atoms with van der Waals surface area (Å²) in [6.45, 7) is 4.29. The van der Waals surface area contributed by atoms with Crippen LogP contribution in [0.3, 0.4) is 0 Å². The lowest BCUT2D eigenvalue weighted by molar-refractivity contribution is -0.139. The second kappa shape index (κ2) is 6.33. The topological polar surface area (TPSA) is 39.1 Å². The second-order valence-electron chi connectivity index (χ2n) is 8.17. The van der Waals surface area contributed by atoms with Gasteiger partial charge in [0, 0.05) is 5.39 Å². The van der Waals surface area contributed by atoms with Gasteiger partial charge >= 0.3 is 6.18 Å². The smallest absolute Gasteiger partial charge is 0.233 e. The summed E-state index contributed by atoms with van der Waals surface area (Å²) in [5, 5.41) is 2.80. The fourth-order valence-corrected chi connectivity index (χ4v) is 9.95. The van der Waals surface area contributed by atoms with Crippen molar-refractivity contribution in [3.05, 3.63) is 78.4 Å². The number of para-hydroxylation sites is 1. The third-order valence-corrected chi connectivity index (χ3v) is 11.3. The predicted molar refractivity (Wildman–Crippen MR) is 118 cm³/mol. The lowest BCUT2D eigenvalue weighted by Gasteiger charge is -2.18. The van der Waals surface area contributed by atoms with Crippen molar-refractivity contribution >= 4 is 39.4 Å². The molecule has 8 heteroatoms. The average Bonchev–Trinajstić information content (AvgIpc) is 3.20. The van der Waals surface area contributed by atoms with Crippen molar-refractivity contribution in [3.8, 4) is 11.3 Å². The summed E-state index contributed by atoms with van der Waals surface area (Å²) in [6, 6.07) is 19.0. The Labute approximate surface area is 178 Å². The van der Waals surface area contributed by atoms with E-state index >= 15 is 0 Å². The summed E-state index contributed by atoms with van der Waals surface area (Å²) in [5.41, 5.74) is 0.507. The summed E-state index contributed by atoms with van der Waals surface area (Å²) in [4.78, 5) is -0.741. The van der Waals surface area contributed by atoms with Gasteiger partial charge in [0.05, 0.1) is 16.8 Å². The van der Waals surface area contributed by atoms with Gasteiger partial charge in [-0.2, -0.15) is 13.2 Å². The van der Waals surface area contributed by atoms with Gasteiger partial charge in [-0.1, -0.05) is 67.7 Å². The Kier molecular flexibility index (Phi) is 4.10. The van der Waals surface area contributed by atoms with Gasteiger partial charge in [0.25, 0.3) is 10.0 Å². The van der Waals surface area contributed by atoms with Crippen LogP contribution in [-0.4, -0.2) is 20.5 Å². The monoisotopic (exact) mass is 457 g/mol. The van der Waals surface area contributed by atoms with Gasteiger partial charge in [0.15, 0.2) is 0 Å². The van der Waals surface area contributed by atoms with E-state index in [4.69, 9.17) is 0 Å². The predicted octanol–water partition coefficient (Wildman–Crippen LogP) is 4.70. The number of alkyl halides is 3. The minimum absolute atomic E-state index is 0.402. The van der Waals surface area contributed by atoms with Crippen LogP contribution in [-0.2, 0) is 16.2 Å². The quantitative estimate of drug-likeness (QED) is 0.410. The first-order chi connectivity index (χ1) is 14.6. The molecule has 3 aromatic carbocycles. The molecule has 0 saturated carbocycles. The fourth-order valence-electron chi connectivity index (χ4n) is 4.73. The summed E-state index contributed by atoms with van der Waals surface area (Å²) >= 11 is 0. The van der Waals surface area contributed by atoms with Crippen LogP contribution in [0.2, 0.25) is 13.1 Å². The van der Waals surface area contributed by atoms with E-state index in [0.29, 0.717) is 11.2 Å². The Bertz CT molecular complexity index is 1470. The Hall–Kier alpha value is -2.84. The van der Waals surface area contributed by atoms with Crippen molar-refractivity contribution < 1.29 is 21.6 Å². The van der Waals surface area contributed by atoms with Crippen LogP contribution in [0, 0.1) is 0 Å². The van der Waals surface area contributed by atoms with Crippen molar-refractivity contribution in [2.45, 2.75) is 24.2 Å². The molecule has 0 saturated heterocycles. The number of nitrogens with zero attached hydrogens (tertiary/aromatic N) is 1. The average molecular weight is 458 g/mol. The highest BCUT2D eigenvalue weighted by atomic mass is 32.2. The molecule has 0 amide bonds. The lowest BCUT2D eigenvalue weighted by atomic mass is 10.1. The maximum Gasteiger partial charge on any atom is 0.417 e. The van der Waals surface area contributed by atoms with Crippen LogP contribution in [0.25, 0.3) is 22.2 Å². The molecule has 31 heavy (non-hydrogen) atoms. The Morgan fingerprint density at radius 3 is 2.19 bits per heavy atom. The van der Waals surface area contributed by atoms with Crippen LogP contribution in [0.5, 0.6) is 0 Å². The van der Waals surface area contributed by atoms with E-state index in [2.05, 4.69) is 13.1 Å². The van der Waals surface area contributed by atoms with E-state index in [-0.39, 0.29) is 0 Å². The van der Waals surface area contributed by atoms with Crippen LogP contribution >= 0.6 is 0 Å². The third-order valence-electron chi connectivity index (χ3n) is 6.02. The molecule has 1 aliphatic heterocycles. The standard InChI is InChI=1S/C23H18F3NO2SSi/c1-31(2)20-14-8-4-10-16(20)21-22(31)15-9-3-6-12-18(15)27(21)30(28,29)19-13-7-5-11-17(19)23(24,25)26/h3-14H,1-2H3. The molecular weight excluding hydrogens is 439 g/mol. The van der Waals surface area contributed by atoms with E-state index in [9.17, 15) is 21.6 Å². The number of halogens is 3. The zero-order valence-corrected chi connectivity index (χ0v) is 18.6. The van der Waals surface area contributed by atoms with E-state index < -0.39 is 34.7 Å². The fraction of sp³-hybridized carbons (Fsp3) is 0.130. The van der Waals surface area contributed by atoms with Gasteiger partial charge in [0.1, 0.15) is 13.0 Å². The molecule has 2 heterocycles. The van der Waals surface area contributed by atoms with Crippen molar-refractivity contribution in [3.63, 3.8) is 0 Å². The van der Waals surface area contributed by atoms with Gasteiger partial charge in [0.2, 0.25) is 0 Å². The van der Waals surface area contributed by atoms with Crippen LogP contribution in [0.15, 0.2) is 77.7 Å². The number of hydrogen-bond donors (Lipinski definition) is 0. The zero-order chi connectivity index (χ0) is 22.2. The number of hydrogen-bond acceptors (Lipinski definition) is 2. The first kappa shape index (κ1) is 20.1. The molecule has 4 aromatic rings. The van der Waals surface area contributed by atoms with Gasteiger partial charge in [-0.05, 0) is 34.1 Å². The SMILES string of the molecule is C[Si]1(C)c2ccccc2-c2c1c1ccccc1n2S(=O)(=O)c1ccccc1C(F)(F)F. The molecule has 0 spiro atoms. The Morgan fingerprint density at radius 1 is 0.839 bits per heavy atom. The molecular formula is C23H18F3NO2SSi. The molecule has 0 radical (unpaired) electrons. The third kappa shape index (κ3) is 2.67. The number of aromatic nitrogens is 1. The highest BCUT2D eigenvalue weighted by molar-refractivity contribution is 7.90. The van der Waals surface area contributed by atoms with Gasteiger partial charge < -0.3 is 0 Å². The molecule has 5 rings (SSSR count). The molecule has 0 fully saturated rings. The maximum atomic E-state index is 13.8.